The van der Waals surface area contributed by atoms with E-state index in [4.69, 9.17) is 15.2 Å². The molecule has 0 amide bonds. The third-order valence-corrected chi connectivity index (χ3v) is 4.99. The van der Waals surface area contributed by atoms with Crippen molar-refractivity contribution in [3.05, 3.63) is 54.1 Å². The number of methoxy groups -OCH3 is 1. The van der Waals surface area contributed by atoms with Crippen LogP contribution < -0.4 is 20.5 Å². The number of nitrogens with zero attached hydrogens (tertiary/aromatic N) is 2. The zero-order valence-corrected chi connectivity index (χ0v) is 20.3. The predicted molar refractivity (Wildman–Crippen MR) is 134 cm³/mol. The summed E-state index contributed by atoms with van der Waals surface area (Å²) in [5.41, 5.74) is 8.27. The zero-order valence-electron chi connectivity index (χ0n) is 18.0. The number of nitrogens with one attached hydrogen (secondary N) is 1. The van der Waals surface area contributed by atoms with Gasteiger partial charge in [-0.3, -0.25) is 9.89 Å². The van der Waals surface area contributed by atoms with Gasteiger partial charge in [0, 0.05) is 5.69 Å². The predicted octanol–water partition coefficient (Wildman–Crippen LogP) is 4.66. The zero-order chi connectivity index (χ0) is 20.6. The van der Waals surface area contributed by atoms with Crippen molar-refractivity contribution in [1.82, 2.24) is 4.90 Å². The van der Waals surface area contributed by atoms with E-state index in [2.05, 4.69) is 27.3 Å². The van der Waals surface area contributed by atoms with Crippen molar-refractivity contribution in [2.45, 2.75) is 38.8 Å². The minimum Gasteiger partial charge on any atom is -0.497 e. The first-order chi connectivity index (χ1) is 14.0. The molecule has 0 saturated carbocycles. The maximum atomic E-state index is 6.17. The molecule has 0 aliphatic carbocycles. The molecular formula is C23H33IN4O2. The molecule has 1 aliphatic rings. The van der Waals surface area contributed by atoms with Gasteiger partial charge < -0.3 is 20.5 Å². The van der Waals surface area contributed by atoms with E-state index in [1.807, 2.05) is 50.2 Å². The van der Waals surface area contributed by atoms with E-state index < -0.39 is 0 Å². The molecule has 1 saturated heterocycles. The number of likely N-dealkylation sites (tertiary alicyclic amines) is 1. The van der Waals surface area contributed by atoms with Gasteiger partial charge in [0.25, 0.3) is 0 Å². The largest absolute Gasteiger partial charge is 0.497 e. The van der Waals surface area contributed by atoms with E-state index in [1.165, 1.54) is 18.4 Å². The lowest BCUT2D eigenvalue weighted by atomic mass is 10.1. The van der Waals surface area contributed by atoms with Crippen LogP contribution in [-0.2, 0) is 0 Å². The van der Waals surface area contributed by atoms with Crippen molar-refractivity contribution in [3.63, 3.8) is 0 Å². The van der Waals surface area contributed by atoms with Crippen LogP contribution in [0.2, 0.25) is 0 Å². The lowest BCUT2D eigenvalue weighted by molar-refractivity contribution is 0.242. The van der Waals surface area contributed by atoms with Crippen molar-refractivity contribution in [3.8, 4) is 11.5 Å². The Morgan fingerprint density at radius 1 is 1.10 bits per heavy atom. The third-order valence-electron chi connectivity index (χ3n) is 4.99. The molecule has 3 rings (SSSR count). The van der Waals surface area contributed by atoms with Crippen molar-refractivity contribution < 1.29 is 9.47 Å². The molecule has 6 nitrogen and oxygen atoms in total. The number of halogens is 1. The first-order valence-corrected chi connectivity index (χ1v) is 10.3. The molecule has 2 aromatic carbocycles. The maximum absolute atomic E-state index is 6.17. The normalized spacial score (nSPS) is 15.5. The first kappa shape index (κ1) is 24.3. The highest BCUT2D eigenvalue weighted by Crippen LogP contribution is 2.28. The van der Waals surface area contributed by atoms with Gasteiger partial charge in [-0.1, -0.05) is 12.1 Å². The fourth-order valence-electron chi connectivity index (χ4n) is 3.59. The van der Waals surface area contributed by atoms with Gasteiger partial charge in [0.15, 0.2) is 5.96 Å². The van der Waals surface area contributed by atoms with Crippen LogP contribution in [0.4, 0.5) is 5.69 Å². The smallest absolute Gasteiger partial charge is 0.193 e. The summed E-state index contributed by atoms with van der Waals surface area (Å²) in [7, 11) is 1.70. The molecule has 1 unspecified atom stereocenters. The van der Waals surface area contributed by atoms with Crippen LogP contribution in [0.15, 0.2) is 53.5 Å². The SMILES string of the molecule is COc1cccc(C(CN=C(N)Nc2ccc(OC(C)C)cc2)N2CCCC2)c1.I. The van der Waals surface area contributed by atoms with Crippen molar-refractivity contribution in [2.24, 2.45) is 10.7 Å². The molecule has 7 heteroatoms. The number of guanidine groups is 1. The molecule has 3 N–H and O–H groups in total. The van der Waals surface area contributed by atoms with Crippen LogP contribution in [-0.4, -0.2) is 43.7 Å². The number of hydrogen-bond donors (Lipinski definition) is 2. The molecule has 0 radical (unpaired) electrons. The van der Waals surface area contributed by atoms with Gasteiger partial charge in [-0.25, -0.2) is 0 Å². The molecule has 30 heavy (non-hydrogen) atoms. The molecule has 1 fully saturated rings. The summed E-state index contributed by atoms with van der Waals surface area (Å²) in [6.07, 6.45) is 2.60. The summed E-state index contributed by atoms with van der Waals surface area (Å²) >= 11 is 0. The van der Waals surface area contributed by atoms with Gasteiger partial charge in [0.05, 0.1) is 25.8 Å². The second kappa shape index (κ2) is 12.0. The Morgan fingerprint density at radius 2 is 1.80 bits per heavy atom. The molecule has 2 aromatic rings. The number of aliphatic imine (C=N–C) groups is 1. The van der Waals surface area contributed by atoms with E-state index in [-0.39, 0.29) is 36.1 Å². The summed E-state index contributed by atoms with van der Waals surface area (Å²) in [6.45, 7) is 6.79. The third kappa shape index (κ3) is 7.05. The Balaban J connectivity index is 0.00000320. The van der Waals surface area contributed by atoms with E-state index in [1.54, 1.807) is 7.11 Å². The monoisotopic (exact) mass is 524 g/mol. The van der Waals surface area contributed by atoms with Crippen molar-refractivity contribution in [2.75, 3.05) is 32.1 Å². The van der Waals surface area contributed by atoms with E-state index in [0.717, 1.165) is 30.3 Å². The van der Waals surface area contributed by atoms with Gasteiger partial charge in [0.1, 0.15) is 11.5 Å². The van der Waals surface area contributed by atoms with Gasteiger partial charge in [0.2, 0.25) is 0 Å². The summed E-state index contributed by atoms with van der Waals surface area (Å²) in [5.74, 6) is 2.12. The fourth-order valence-corrected chi connectivity index (χ4v) is 3.59. The van der Waals surface area contributed by atoms with Crippen LogP contribution in [0, 0.1) is 0 Å². The minimum absolute atomic E-state index is 0. The van der Waals surface area contributed by atoms with Gasteiger partial charge in [-0.05, 0) is 81.7 Å². The van der Waals surface area contributed by atoms with Crippen LogP contribution in [0.5, 0.6) is 11.5 Å². The van der Waals surface area contributed by atoms with Gasteiger partial charge in [-0.2, -0.15) is 0 Å². The van der Waals surface area contributed by atoms with Gasteiger partial charge >= 0.3 is 0 Å². The number of rotatable bonds is 8. The topological polar surface area (TPSA) is 72.1 Å². The van der Waals surface area contributed by atoms with Crippen LogP contribution in [0.1, 0.15) is 38.3 Å². The van der Waals surface area contributed by atoms with Crippen molar-refractivity contribution >= 4 is 35.6 Å². The van der Waals surface area contributed by atoms with E-state index in [9.17, 15) is 0 Å². The first-order valence-electron chi connectivity index (χ1n) is 10.3. The molecule has 0 bridgehead atoms. The standard InChI is InChI=1S/C23H32N4O2.HI/c1-17(2)29-20-11-9-19(10-12-20)26-23(24)25-16-22(27-13-4-5-14-27)18-7-6-8-21(15-18)28-3;/h6-12,15,17,22H,4-5,13-14,16H2,1-3H3,(H3,24,25,26);1H. The Kier molecular flexibility index (Phi) is 9.71. The Hall–Kier alpha value is -2.00. The molecule has 1 heterocycles. The average Bonchev–Trinajstić information content (AvgIpc) is 3.24. The average molecular weight is 524 g/mol. The quantitative estimate of drug-likeness (QED) is 0.299. The highest BCUT2D eigenvalue weighted by molar-refractivity contribution is 14.0. The number of anilines is 1. The summed E-state index contributed by atoms with van der Waals surface area (Å²) in [5, 5.41) is 3.17. The molecular weight excluding hydrogens is 491 g/mol. The minimum atomic E-state index is 0. The molecule has 164 valence electrons. The van der Waals surface area contributed by atoms with Crippen LogP contribution >= 0.6 is 24.0 Å². The molecule has 0 spiro atoms. The van der Waals surface area contributed by atoms with Gasteiger partial charge in [-0.15, -0.1) is 24.0 Å². The van der Waals surface area contributed by atoms with Crippen molar-refractivity contribution in [1.29, 1.82) is 0 Å². The molecule has 1 aliphatic heterocycles. The highest BCUT2D eigenvalue weighted by Gasteiger charge is 2.23. The number of hydrogen-bond acceptors (Lipinski definition) is 4. The second-order valence-corrected chi connectivity index (χ2v) is 7.58. The Bertz CT molecular complexity index is 805. The van der Waals surface area contributed by atoms with Crippen LogP contribution in [0.3, 0.4) is 0 Å². The number of benzene rings is 2. The Morgan fingerprint density at radius 3 is 2.43 bits per heavy atom. The molecule has 1 atom stereocenters. The molecule has 0 aromatic heterocycles. The fraction of sp³-hybridized carbons (Fsp3) is 0.435. The summed E-state index contributed by atoms with van der Waals surface area (Å²) in [6, 6.07) is 16.2. The lowest BCUT2D eigenvalue weighted by Gasteiger charge is -2.27. The van der Waals surface area contributed by atoms with Crippen LogP contribution in [0.25, 0.3) is 0 Å². The lowest BCUT2D eigenvalue weighted by Crippen LogP contribution is -2.30. The number of ether oxygens (including phenoxy) is 2. The highest BCUT2D eigenvalue weighted by atomic mass is 127. The Labute approximate surface area is 196 Å². The second-order valence-electron chi connectivity index (χ2n) is 7.58. The van der Waals surface area contributed by atoms with E-state index >= 15 is 0 Å². The summed E-state index contributed by atoms with van der Waals surface area (Å²) in [4.78, 5) is 7.11. The summed E-state index contributed by atoms with van der Waals surface area (Å²) < 4.78 is 11.1. The van der Waals surface area contributed by atoms with E-state index in [0.29, 0.717) is 12.5 Å². The number of nitrogens with two attached hydrogens (primary N) is 1. The maximum Gasteiger partial charge on any atom is 0.193 e.